The third-order valence-corrected chi connectivity index (χ3v) is 7.20. The fourth-order valence-corrected chi connectivity index (χ4v) is 4.73. The molecule has 0 saturated heterocycles. The van der Waals surface area contributed by atoms with Crippen LogP contribution in [0.25, 0.3) is 0 Å². The van der Waals surface area contributed by atoms with E-state index < -0.39 is 35.4 Å². The summed E-state index contributed by atoms with van der Waals surface area (Å²) in [7, 11) is 1.66. The van der Waals surface area contributed by atoms with E-state index in [1.165, 1.54) is 17.7 Å². The van der Waals surface area contributed by atoms with Crippen molar-refractivity contribution in [3.05, 3.63) is 70.8 Å². The lowest BCUT2D eigenvalue weighted by atomic mass is 9.85. The standard InChI is InChI=1S/C30H40N4O5/c1-18(31-5)26(35)34-25(30(2,3)4)28(37)33-24(17-19-13-15-21(16-14-19)29(38)39)27(36)32-23-12-8-10-20-9-6-7-11-22(20)23/h6-7,9,11,13-16,18,23-25,31H,8,10,12,17H2,1-5H3,(H,32,36)(H,33,37)(H,34,35)(H,38,39). The Balaban J connectivity index is 1.86. The topological polar surface area (TPSA) is 137 Å². The van der Waals surface area contributed by atoms with Crippen LogP contribution in [0.5, 0.6) is 0 Å². The number of aromatic carboxylic acids is 1. The largest absolute Gasteiger partial charge is 0.478 e. The molecular formula is C30H40N4O5. The SMILES string of the molecule is CNC(C)C(=O)NC(C(=O)NC(Cc1ccc(C(=O)O)cc1)C(=O)NC1CCCc2ccccc21)C(C)(C)C. The van der Waals surface area contributed by atoms with E-state index in [0.717, 1.165) is 24.8 Å². The normalized spacial score (nSPS) is 17.2. The zero-order chi connectivity index (χ0) is 28.7. The molecule has 1 aliphatic carbocycles. The number of fused-ring (bicyclic) bond motifs is 1. The molecule has 0 spiro atoms. The Morgan fingerprint density at radius 3 is 2.23 bits per heavy atom. The number of carbonyl (C=O) groups excluding carboxylic acids is 3. The summed E-state index contributed by atoms with van der Waals surface area (Å²) in [6.45, 7) is 7.24. The number of carbonyl (C=O) groups is 4. The van der Waals surface area contributed by atoms with Gasteiger partial charge in [-0.05, 0) is 67.5 Å². The quantitative estimate of drug-likeness (QED) is 0.317. The lowest BCUT2D eigenvalue weighted by Crippen LogP contribution is -2.60. The first-order valence-electron chi connectivity index (χ1n) is 13.4. The summed E-state index contributed by atoms with van der Waals surface area (Å²) in [4.78, 5) is 51.1. The third-order valence-electron chi connectivity index (χ3n) is 7.20. The summed E-state index contributed by atoms with van der Waals surface area (Å²) in [6.07, 6.45) is 2.84. The van der Waals surface area contributed by atoms with Crippen LogP contribution in [0.3, 0.4) is 0 Å². The van der Waals surface area contributed by atoms with Crippen molar-refractivity contribution in [1.29, 1.82) is 0 Å². The van der Waals surface area contributed by atoms with Crippen molar-refractivity contribution in [2.24, 2.45) is 5.41 Å². The third kappa shape index (κ3) is 7.89. The number of aryl methyl sites for hydroxylation is 1. The number of carboxylic acid groups (broad SMARTS) is 1. The number of hydrogen-bond donors (Lipinski definition) is 5. The van der Waals surface area contributed by atoms with Crippen LogP contribution in [0.2, 0.25) is 0 Å². The Morgan fingerprint density at radius 2 is 1.62 bits per heavy atom. The van der Waals surface area contributed by atoms with Gasteiger partial charge in [0.05, 0.1) is 17.6 Å². The van der Waals surface area contributed by atoms with Gasteiger partial charge in [-0.2, -0.15) is 0 Å². The molecule has 0 heterocycles. The first-order valence-corrected chi connectivity index (χ1v) is 13.4. The Morgan fingerprint density at radius 1 is 0.949 bits per heavy atom. The van der Waals surface area contributed by atoms with E-state index in [4.69, 9.17) is 0 Å². The molecule has 4 atom stereocenters. The second-order valence-corrected chi connectivity index (χ2v) is 11.2. The van der Waals surface area contributed by atoms with Gasteiger partial charge in [-0.25, -0.2) is 4.79 Å². The molecule has 0 fully saturated rings. The lowest BCUT2D eigenvalue weighted by molar-refractivity contribution is -0.135. The van der Waals surface area contributed by atoms with Crippen LogP contribution >= 0.6 is 0 Å². The highest BCUT2D eigenvalue weighted by Crippen LogP contribution is 2.29. The molecule has 3 amide bonds. The zero-order valence-corrected chi connectivity index (χ0v) is 23.3. The summed E-state index contributed by atoms with van der Waals surface area (Å²) in [5.41, 5.74) is 2.49. The van der Waals surface area contributed by atoms with Gasteiger partial charge in [0, 0.05) is 6.42 Å². The number of carboxylic acids is 1. The van der Waals surface area contributed by atoms with E-state index in [1.807, 2.05) is 39.0 Å². The predicted molar refractivity (Wildman–Crippen MR) is 149 cm³/mol. The highest BCUT2D eigenvalue weighted by molar-refractivity contribution is 5.93. The molecule has 4 unspecified atom stereocenters. The van der Waals surface area contributed by atoms with Gasteiger partial charge in [-0.1, -0.05) is 57.2 Å². The van der Waals surface area contributed by atoms with E-state index in [-0.39, 0.29) is 29.8 Å². The minimum Gasteiger partial charge on any atom is -0.478 e. The summed E-state index contributed by atoms with van der Waals surface area (Å²) < 4.78 is 0. The number of hydrogen-bond acceptors (Lipinski definition) is 5. The maximum Gasteiger partial charge on any atom is 0.335 e. The lowest BCUT2D eigenvalue weighted by Gasteiger charge is -2.33. The van der Waals surface area contributed by atoms with Crippen LogP contribution in [-0.2, 0) is 27.2 Å². The van der Waals surface area contributed by atoms with Gasteiger partial charge in [0.25, 0.3) is 0 Å². The van der Waals surface area contributed by atoms with Gasteiger partial charge in [0.15, 0.2) is 0 Å². The van der Waals surface area contributed by atoms with Crippen molar-refractivity contribution < 1.29 is 24.3 Å². The van der Waals surface area contributed by atoms with E-state index in [9.17, 15) is 24.3 Å². The van der Waals surface area contributed by atoms with Crippen molar-refractivity contribution in [2.75, 3.05) is 7.05 Å². The number of amides is 3. The van der Waals surface area contributed by atoms with Gasteiger partial charge >= 0.3 is 5.97 Å². The Bertz CT molecular complexity index is 1190. The van der Waals surface area contributed by atoms with Crippen molar-refractivity contribution in [1.82, 2.24) is 21.3 Å². The average Bonchev–Trinajstić information content (AvgIpc) is 2.90. The van der Waals surface area contributed by atoms with Crippen LogP contribution < -0.4 is 21.3 Å². The van der Waals surface area contributed by atoms with Crippen LogP contribution in [-0.4, -0.2) is 54.0 Å². The maximum absolute atomic E-state index is 13.7. The first-order chi connectivity index (χ1) is 18.4. The number of nitrogens with one attached hydrogen (secondary N) is 4. The van der Waals surface area contributed by atoms with Crippen LogP contribution in [0.1, 0.15) is 73.6 Å². The molecule has 2 aromatic rings. The molecule has 1 aliphatic rings. The van der Waals surface area contributed by atoms with Crippen molar-refractivity contribution in [3.8, 4) is 0 Å². The monoisotopic (exact) mass is 536 g/mol. The fraction of sp³-hybridized carbons (Fsp3) is 0.467. The van der Waals surface area contributed by atoms with Gasteiger partial charge in [-0.3, -0.25) is 14.4 Å². The van der Waals surface area contributed by atoms with Crippen LogP contribution in [0, 0.1) is 5.41 Å². The summed E-state index contributed by atoms with van der Waals surface area (Å²) in [6, 6.07) is 11.8. The van der Waals surface area contributed by atoms with E-state index >= 15 is 0 Å². The highest BCUT2D eigenvalue weighted by atomic mass is 16.4. The molecule has 3 rings (SSSR count). The first kappa shape index (κ1) is 29.8. The molecule has 0 radical (unpaired) electrons. The van der Waals surface area contributed by atoms with Crippen LogP contribution in [0.15, 0.2) is 48.5 Å². The Hall–Kier alpha value is -3.72. The molecule has 0 aliphatic heterocycles. The molecule has 9 nitrogen and oxygen atoms in total. The van der Waals surface area contributed by atoms with Crippen molar-refractivity contribution >= 4 is 23.7 Å². The Labute approximate surface area is 230 Å². The van der Waals surface area contributed by atoms with Crippen LogP contribution in [0.4, 0.5) is 0 Å². The van der Waals surface area contributed by atoms with Crippen molar-refractivity contribution in [2.45, 2.75) is 77.5 Å². The molecule has 5 N–H and O–H groups in total. The molecule has 39 heavy (non-hydrogen) atoms. The predicted octanol–water partition coefficient (Wildman–Crippen LogP) is 2.74. The molecule has 0 saturated carbocycles. The summed E-state index contributed by atoms with van der Waals surface area (Å²) in [5.74, 6) is -2.17. The average molecular weight is 537 g/mol. The highest BCUT2D eigenvalue weighted by Gasteiger charge is 2.36. The second kappa shape index (κ2) is 12.9. The number of likely N-dealkylation sites (N-methyl/N-ethyl adjacent to an activating group) is 1. The zero-order valence-electron chi connectivity index (χ0n) is 23.3. The molecule has 9 heteroatoms. The van der Waals surface area contributed by atoms with E-state index in [2.05, 4.69) is 27.3 Å². The maximum atomic E-state index is 13.7. The molecular weight excluding hydrogens is 496 g/mol. The molecule has 210 valence electrons. The second-order valence-electron chi connectivity index (χ2n) is 11.2. The molecule has 2 aromatic carbocycles. The van der Waals surface area contributed by atoms with Gasteiger partial charge < -0.3 is 26.4 Å². The van der Waals surface area contributed by atoms with Gasteiger partial charge in [0.1, 0.15) is 12.1 Å². The summed E-state index contributed by atoms with van der Waals surface area (Å²) >= 11 is 0. The van der Waals surface area contributed by atoms with Gasteiger partial charge in [-0.15, -0.1) is 0 Å². The number of rotatable bonds is 10. The summed E-state index contributed by atoms with van der Waals surface area (Å²) in [5, 5.41) is 20.9. The van der Waals surface area contributed by atoms with Crippen molar-refractivity contribution in [3.63, 3.8) is 0 Å². The number of benzene rings is 2. The fourth-order valence-electron chi connectivity index (χ4n) is 4.73. The van der Waals surface area contributed by atoms with Gasteiger partial charge in [0.2, 0.25) is 17.7 Å². The van der Waals surface area contributed by atoms with E-state index in [1.54, 1.807) is 26.1 Å². The molecule has 0 aromatic heterocycles. The minimum absolute atomic E-state index is 0.136. The Kier molecular flexibility index (Phi) is 9.86. The molecule has 0 bridgehead atoms. The van der Waals surface area contributed by atoms with E-state index in [0.29, 0.717) is 5.56 Å². The minimum atomic E-state index is -1.04. The smallest absolute Gasteiger partial charge is 0.335 e.